The molecule has 2 aliphatic heterocycles. The molecule has 2 aromatic rings. The van der Waals surface area contributed by atoms with Crippen LogP contribution in [0.25, 0.3) is 11.3 Å². The summed E-state index contributed by atoms with van der Waals surface area (Å²) < 4.78 is 16.7. The van der Waals surface area contributed by atoms with E-state index in [-0.39, 0.29) is 8.54 Å². The summed E-state index contributed by atoms with van der Waals surface area (Å²) in [5, 5.41) is 10.8. The van der Waals surface area contributed by atoms with Gasteiger partial charge in [-0.25, -0.2) is 4.39 Å². The molecule has 0 radical (unpaired) electrons. The van der Waals surface area contributed by atoms with Crippen molar-refractivity contribution < 1.29 is 7.24 Å². The highest BCUT2D eigenvalue weighted by Crippen LogP contribution is 2.26. The van der Waals surface area contributed by atoms with E-state index in [4.69, 9.17) is 5.73 Å². The van der Waals surface area contributed by atoms with Crippen molar-refractivity contribution in [3.05, 3.63) is 108 Å². The van der Waals surface area contributed by atoms with Gasteiger partial charge in [-0.1, -0.05) is 39.2 Å². The molecule has 1 saturated heterocycles. The lowest BCUT2D eigenvalue weighted by Gasteiger charge is -2.21. The second-order valence-electron chi connectivity index (χ2n) is 9.63. The standard InChI is InChI=1S/C31H36FN7.C2H6.2H2/c1-5-28(34-14-16-39-15-8-9-22(39)3)23-12-13-27(32)31(17-23)37-29(6-2)26(18-33)30-11-7-10-24(19-35-30)25-20-36-38(4)21-25;1-2;;/h7,10,12-13,17-22,34,37H,1-2,8-9,11,14-16,33H2,3-4H3;1-2H3;2*1H/b26-18-;;;/t22-;;;/m0.../s1. The first-order valence-electron chi connectivity index (χ1n) is 14.1. The SMILES string of the molecule is C=C=C(Nc1cc(C(=C=C)NCCN2CCC[C@@H]2C)ccc1F)/C(=C/N)C1=NC=C(c2cnn(C)c2)C=CC1.CC.[HH].[HH]. The second kappa shape index (κ2) is 15.4. The third-order valence-electron chi connectivity index (χ3n) is 7.01. The molecule has 4 N–H and O–H groups in total. The number of nitrogens with zero attached hydrogens (tertiary/aromatic N) is 4. The monoisotopic (exact) mass is 559 g/mol. The summed E-state index contributed by atoms with van der Waals surface area (Å²) in [7, 11) is 1.87. The summed E-state index contributed by atoms with van der Waals surface area (Å²) in [5.74, 6) is -0.418. The Balaban J connectivity index is 0.00000226. The highest BCUT2D eigenvalue weighted by atomic mass is 19.1. The summed E-state index contributed by atoms with van der Waals surface area (Å²) in [6, 6.07) is 5.45. The van der Waals surface area contributed by atoms with Gasteiger partial charge in [-0.05, 0) is 44.5 Å². The zero-order chi connectivity index (χ0) is 29.8. The van der Waals surface area contributed by atoms with Gasteiger partial charge in [0, 0.05) is 76.3 Å². The van der Waals surface area contributed by atoms with Gasteiger partial charge in [0.25, 0.3) is 0 Å². The number of aliphatic imine (C=N–C) groups is 1. The number of anilines is 1. The largest absolute Gasteiger partial charge is 0.404 e. The molecule has 0 amide bonds. The van der Waals surface area contributed by atoms with Crippen molar-refractivity contribution in [3.63, 3.8) is 0 Å². The normalized spacial score (nSPS) is 16.8. The van der Waals surface area contributed by atoms with Crippen molar-refractivity contribution >= 4 is 22.7 Å². The quantitative estimate of drug-likeness (QED) is 0.224. The Hall–Kier alpha value is -4.35. The molecule has 0 spiro atoms. The van der Waals surface area contributed by atoms with Crippen LogP contribution in [0.3, 0.4) is 0 Å². The van der Waals surface area contributed by atoms with Crippen LogP contribution in [0.1, 0.15) is 54.0 Å². The number of hydrogen-bond acceptors (Lipinski definition) is 6. The highest BCUT2D eigenvalue weighted by Gasteiger charge is 2.20. The number of nitrogens with two attached hydrogens (primary N) is 1. The topological polar surface area (TPSA) is 83.5 Å². The minimum absolute atomic E-state index is 0. The van der Waals surface area contributed by atoms with E-state index in [0.717, 1.165) is 42.0 Å². The van der Waals surface area contributed by atoms with Crippen LogP contribution < -0.4 is 16.4 Å². The molecular formula is C33H46FN7. The molecule has 41 heavy (non-hydrogen) atoms. The van der Waals surface area contributed by atoms with Crippen LogP contribution in [0.5, 0.6) is 0 Å². The fourth-order valence-corrected chi connectivity index (χ4v) is 4.82. The number of likely N-dealkylation sites (tertiary alicyclic amines) is 1. The van der Waals surface area contributed by atoms with Crippen LogP contribution in [-0.2, 0) is 7.05 Å². The maximum Gasteiger partial charge on any atom is 0.146 e. The van der Waals surface area contributed by atoms with E-state index in [2.05, 4.69) is 57.2 Å². The van der Waals surface area contributed by atoms with Gasteiger partial charge < -0.3 is 16.4 Å². The van der Waals surface area contributed by atoms with Crippen molar-refractivity contribution in [1.82, 2.24) is 20.0 Å². The summed E-state index contributed by atoms with van der Waals surface area (Å²) >= 11 is 0. The Morgan fingerprint density at radius 2 is 2.10 bits per heavy atom. The molecule has 0 saturated carbocycles. The third-order valence-corrected chi connectivity index (χ3v) is 7.01. The molecule has 0 aliphatic carbocycles. The summed E-state index contributed by atoms with van der Waals surface area (Å²) in [4.78, 5) is 7.14. The average molecular weight is 560 g/mol. The molecule has 3 heterocycles. The third kappa shape index (κ3) is 8.09. The molecule has 220 valence electrons. The first-order valence-corrected chi connectivity index (χ1v) is 14.1. The van der Waals surface area contributed by atoms with Crippen molar-refractivity contribution in [3.8, 4) is 0 Å². The predicted molar refractivity (Wildman–Crippen MR) is 174 cm³/mol. The van der Waals surface area contributed by atoms with E-state index in [1.165, 1.54) is 25.1 Å². The number of aryl methyl sites for hydroxylation is 1. The molecular weight excluding hydrogens is 513 g/mol. The molecule has 0 bridgehead atoms. The lowest BCUT2D eigenvalue weighted by molar-refractivity contribution is 0.272. The molecule has 4 rings (SSSR count). The van der Waals surface area contributed by atoms with Crippen LogP contribution in [-0.4, -0.2) is 46.1 Å². The molecule has 8 heteroatoms. The lowest BCUT2D eigenvalue weighted by Crippen LogP contribution is -2.33. The second-order valence-corrected chi connectivity index (χ2v) is 9.63. The number of halogens is 1. The van der Waals surface area contributed by atoms with E-state index < -0.39 is 5.82 Å². The van der Waals surface area contributed by atoms with Gasteiger partial charge in [-0.3, -0.25) is 14.6 Å². The molecule has 7 nitrogen and oxygen atoms in total. The van der Waals surface area contributed by atoms with E-state index in [1.807, 2.05) is 39.2 Å². The van der Waals surface area contributed by atoms with Crippen LogP contribution in [0.4, 0.5) is 10.1 Å². The summed E-state index contributed by atoms with van der Waals surface area (Å²) in [5.41, 5.74) is 17.2. The van der Waals surface area contributed by atoms with Gasteiger partial charge in [-0.2, -0.15) is 5.10 Å². The predicted octanol–water partition coefficient (Wildman–Crippen LogP) is 6.64. The molecule has 0 unspecified atom stereocenters. The number of aromatic nitrogens is 2. The Labute approximate surface area is 246 Å². The van der Waals surface area contributed by atoms with Crippen molar-refractivity contribution in [1.29, 1.82) is 0 Å². The van der Waals surface area contributed by atoms with E-state index >= 15 is 0 Å². The van der Waals surface area contributed by atoms with Crippen molar-refractivity contribution in [2.75, 3.05) is 25.0 Å². The maximum absolute atomic E-state index is 14.9. The van der Waals surface area contributed by atoms with Gasteiger partial charge in [0.2, 0.25) is 0 Å². The first kappa shape index (κ1) is 31.2. The van der Waals surface area contributed by atoms with Gasteiger partial charge in [0.15, 0.2) is 0 Å². The van der Waals surface area contributed by atoms with Crippen LogP contribution >= 0.6 is 0 Å². The van der Waals surface area contributed by atoms with Crippen LogP contribution in [0.15, 0.2) is 96.0 Å². The van der Waals surface area contributed by atoms with Gasteiger partial charge in [0.1, 0.15) is 5.82 Å². The maximum atomic E-state index is 14.9. The minimum atomic E-state index is -0.418. The summed E-state index contributed by atoms with van der Waals surface area (Å²) in [6.45, 7) is 16.7. The van der Waals surface area contributed by atoms with Crippen molar-refractivity contribution in [2.45, 2.75) is 46.1 Å². The smallest absolute Gasteiger partial charge is 0.146 e. The van der Waals surface area contributed by atoms with Crippen LogP contribution in [0, 0.1) is 5.82 Å². The zero-order valence-corrected chi connectivity index (χ0v) is 24.7. The Morgan fingerprint density at radius 3 is 2.73 bits per heavy atom. The number of allylic oxidation sites excluding steroid dienone is 4. The molecule has 2 aliphatic rings. The van der Waals surface area contributed by atoms with E-state index in [9.17, 15) is 4.39 Å². The molecule has 1 atom stereocenters. The highest BCUT2D eigenvalue weighted by molar-refractivity contribution is 6.06. The Kier molecular flexibility index (Phi) is 11.7. The number of rotatable bonds is 10. The number of hydrogen-bond donors (Lipinski definition) is 3. The first-order chi connectivity index (χ1) is 19.9. The van der Waals surface area contributed by atoms with Gasteiger partial charge >= 0.3 is 0 Å². The fourth-order valence-electron chi connectivity index (χ4n) is 4.82. The number of nitrogens with one attached hydrogen (secondary N) is 2. The average Bonchev–Trinajstić information content (AvgIpc) is 3.53. The lowest BCUT2D eigenvalue weighted by atomic mass is 10.0. The molecule has 1 aromatic heterocycles. The Morgan fingerprint density at radius 1 is 1.29 bits per heavy atom. The minimum Gasteiger partial charge on any atom is -0.404 e. The van der Waals surface area contributed by atoms with Crippen LogP contribution in [0.2, 0.25) is 0 Å². The van der Waals surface area contributed by atoms with E-state index in [1.54, 1.807) is 29.2 Å². The summed E-state index contributed by atoms with van der Waals surface area (Å²) in [6.07, 6.45) is 13.9. The van der Waals surface area contributed by atoms with E-state index in [0.29, 0.717) is 29.4 Å². The van der Waals surface area contributed by atoms with Gasteiger partial charge in [0.05, 0.1) is 29.0 Å². The molecule has 1 fully saturated rings. The fraction of sp³-hybridized carbons (Fsp3) is 0.333. The molecule has 1 aromatic carbocycles. The number of benzene rings is 1. The van der Waals surface area contributed by atoms with Gasteiger partial charge in [-0.15, -0.1) is 11.5 Å². The van der Waals surface area contributed by atoms with Crippen molar-refractivity contribution in [2.24, 2.45) is 17.8 Å². The Bertz CT molecular complexity index is 1440. The zero-order valence-electron chi connectivity index (χ0n) is 24.7.